The van der Waals surface area contributed by atoms with Crippen LogP contribution in [-0.2, 0) is 4.84 Å². The zero-order valence-corrected chi connectivity index (χ0v) is 13.6. The highest BCUT2D eigenvalue weighted by Crippen LogP contribution is 2.24. The number of carbonyl (C=O) groups is 1. The molecule has 0 aromatic heterocycles. The molecule has 0 spiro atoms. The van der Waals surface area contributed by atoms with E-state index in [1.54, 1.807) is 31.4 Å². The van der Waals surface area contributed by atoms with Crippen molar-refractivity contribution in [2.75, 3.05) is 7.11 Å². The summed E-state index contributed by atoms with van der Waals surface area (Å²) < 4.78 is 5.07. The first-order chi connectivity index (χ1) is 11.8. The van der Waals surface area contributed by atoms with Crippen LogP contribution in [0.4, 0.5) is 0 Å². The largest absolute Gasteiger partial charge is 0.497 e. The highest BCUT2D eigenvalue weighted by Gasteiger charge is 2.17. The number of rotatable bonds is 4. The number of methoxy groups -OCH3 is 1. The molecule has 0 heterocycles. The second-order valence-electron chi connectivity index (χ2n) is 5.58. The summed E-state index contributed by atoms with van der Waals surface area (Å²) >= 11 is 0. The zero-order chi connectivity index (χ0) is 16.8. The molecule has 0 radical (unpaired) electrons. The summed E-state index contributed by atoms with van der Waals surface area (Å²) in [5, 5.41) is 4.09. The van der Waals surface area contributed by atoms with Crippen molar-refractivity contribution in [1.82, 2.24) is 0 Å². The van der Waals surface area contributed by atoms with E-state index < -0.39 is 5.97 Å². The van der Waals surface area contributed by atoms with Crippen LogP contribution < -0.4 is 4.74 Å². The van der Waals surface area contributed by atoms with E-state index in [0.29, 0.717) is 11.3 Å². The minimum absolute atomic E-state index is 0.451. The molecule has 2 aromatic carbocycles. The highest BCUT2D eigenvalue weighted by molar-refractivity contribution is 6.05. The molecule has 0 unspecified atom stereocenters. The topological polar surface area (TPSA) is 47.9 Å². The van der Waals surface area contributed by atoms with Crippen molar-refractivity contribution < 1.29 is 14.4 Å². The van der Waals surface area contributed by atoms with Gasteiger partial charge in [-0.2, -0.15) is 0 Å². The first-order valence-corrected chi connectivity index (χ1v) is 7.94. The van der Waals surface area contributed by atoms with Crippen molar-refractivity contribution >= 4 is 17.8 Å². The molecule has 1 aliphatic rings. The van der Waals surface area contributed by atoms with Gasteiger partial charge in [-0.1, -0.05) is 35.5 Å². The van der Waals surface area contributed by atoms with Gasteiger partial charge in [0.15, 0.2) is 0 Å². The summed E-state index contributed by atoms with van der Waals surface area (Å²) in [6.07, 6.45) is 4.91. The van der Waals surface area contributed by atoms with E-state index in [9.17, 15) is 4.79 Å². The molecule has 24 heavy (non-hydrogen) atoms. The van der Waals surface area contributed by atoms with Gasteiger partial charge in [-0.05, 0) is 60.7 Å². The Morgan fingerprint density at radius 1 is 1.04 bits per heavy atom. The molecule has 3 rings (SSSR count). The zero-order valence-electron chi connectivity index (χ0n) is 13.6. The van der Waals surface area contributed by atoms with Crippen LogP contribution in [0.5, 0.6) is 5.75 Å². The Labute approximate surface area is 141 Å². The summed E-state index contributed by atoms with van der Waals surface area (Å²) in [5.41, 5.74) is 3.56. The Balaban J connectivity index is 1.70. The van der Waals surface area contributed by atoms with Crippen molar-refractivity contribution in [3.8, 4) is 5.75 Å². The van der Waals surface area contributed by atoms with E-state index in [1.165, 1.54) is 0 Å². The monoisotopic (exact) mass is 321 g/mol. The molecule has 0 N–H and O–H groups in total. The van der Waals surface area contributed by atoms with Gasteiger partial charge < -0.3 is 9.57 Å². The van der Waals surface area contributed by atoms with Crippen molar-refractivity contribution in [3.05, 3.63) is 71.3 Å². The molecule has 122 valence electrons. The van der Waals surface area contributed by atoms with Crippen LogP contribution in [0.2, 0.25) is 0 Å². The van der Waals surface area contributed by atoms with Crippen LogP contribution in [0, 0.1) is 0 Å². The molecule has 1 aliphatic carbocycles. The summed E-state index contributed by atoms with van der Waals surface area (Å²) in [5.74, 6) is 0.234. The number of benzene rings is 2. The number of ether oxygens (including phenoxy) is 1. The molecule has 1 fully saturated rings. The van der Waals surface area contributed by atoms with Crippen LogP contribution in [0.25, 0.3) is 6.08 Å². The maximum absolute atomic E-state index is 12.1. The molecule has 0 saturated heterocycles. The molecule has 4 heteroatoms. The Bertz CT molecular complexity index is 761. The maximum Gasteiger partial charge on any atom is 0.365 e. The van der Waals surface area contributed by atoms with Gasteiger partial charge in [0, 0.05) is 0 Å². The summed E-state index contributed by atoms with van der Waals surface area (Å²) in [6, 6.07) is 16.9. The van der Waals surface area contributed by atoms with E-state index in [-0.39, 0.29) is 0 Å². The van der Waals surface area contributed by atoms with Gasteiger partial charge in [0.2, 0.25) is 0 Å². The van der Waals surface area contributed by atoms with E-state index in [4.69, 9.17) is 9.57 Å². The molecule has 0 amide bonds. The van der Waals surface area contributed by atoms with Gasteiger partial charge in [0.1, 0.15) is 5.75 Å². The fourth-order valence-electron chi connectivity index (χ4n) is 2.64. The van der Waals surface area contributed by atoms with Crippen LogP contribution in [0.15, 0.2) is 65.3 Å². The SMILES string of the molecule is COc1ccc(C(=O)O/N=C2\CCC\C2=C/c2ccccc2)cc1. The lowest BCUT2D eigenvalue weighted by Crippen LogP contribution is -2.04. The number of hydrogen-bond acceptors (Lipinski definition) is 4. The Morgan fingerprint density at radius 2 is 1.79 bits per heavy atom. The second kappa shape index (κ2) is 7.59. The van der Waals surface area contributed by atoms with Gasteiger partial charge in [-0.25, -0.2) is 4.79 Å². The Hall–Kier alpha value is -2.88. The first kappa shape index (κ1) is 16.0. The van der Waals surface area contributed by atoms with Gasteiger partial charge in [0.05, 0.1) is 18.4 Å². The van der Waals surface area contributed by atoms with Crippen LogP contribution >= 0.6 is 0 Å². The molecule has 0 atom stereocenters. The molecule has 0 bridgehead atoms. The van der Waals surface area contributed by atoms with Crippen molar-refractivity contribution in [3.63, 3.8) is 0 Å². The van der Waals surface area contributed by atoms with E-state index in [1.807, 2.05) is 30.3 Å². The summed E-state index contributed by atoms with van der Waals surface area (Å²) in [4.78, 5) is 17.2. The van der Waals surface area contributed by atoms with Crippen molar-refractivity contribution in [1.29, 1.82) is 0 Å². The number of allylic oxidation sites excluding steroid dienone is 1. The summed E-state index contributed by atoms with van der Waals surface area (Å²) in [7, 11) is 1.58. The van der Waals surface area contributed by atoms with Crippen molar-refractivity contribution in [2.24, 2.45) is 5.16 Å². The average Bonchev–Trinajstić information content (AvgIpc) is 3.07. The van der Waals surface area contributed by atoms with E-state index in [0.717, 1.165) is 36.1 Å². The lowest BCUT2D eigenvalue weighted by molar-refractivity contribution is 0.0516. The van der Waals surface area contributed by atoms with E-state index >= 15 is 0 Å². The standard InChI is InChI=1S/C20H19NO3/c1-23-18-12-10-16(11-13-18)20(22)24-21-19-9-5-8-17(19)14-15-6-3-2-4-7-15/h2-4,6-7,10-14H,5,8-9H2,1H3/b17-14+,21-19+. The minimum Gasteiger partial charge on any atom is -0.497 e. The number of oxime groups is 1. The molecular formula is C20H19NO3. The average molecular weight is 321 g/mol. The van der Waals surface area contributed by atoms with E-state index in [2.05, 4.69) is 11.2 Å². The summed E-state index contributed by atoms with van der Waals surface area (Å²) in [6.45, 7) is 0. The lowest BCUT2D eigenvalue weighted by Gasteiger charge is -2.03. The van der Waals surface area contributed by atoms with Crippen LogP contribution in [0.1, 0.15) is 35.2 Å². The second-order valence-corrected chi connectivity index (χ2v) is 5.58. The minimum atomic E-state index is -0.462. The maximum atomic E-state index is 12.1. The molecular weight excluding hydrogens is 302 g/mol. The fraction of sp³-hybridized carbons (Fsp3) is 0.200. The Kier molecular flexibility index (Phi) is 5.06. The number of nitrogens with zero attached hydrogens (tertiary/aromatic N) is 1. The third-order valence-electron chi connectivity index (χ3n) is 3.94. The fourth-order valence-corrected chi connectivity index (χ4v) is 2.64. The van der Waals surface area contributed by atoms with Crippen LogP contribution in [0.3, 0.4) is 0 Å². The van der Waals surface area contributed by atoms with Gasteiger partial charge in [-0.3, -0.25) is 0 Å². The van der Waals surface area contributed by atoms with Gasteiger partial charge in [0.25, 0.3) is 0 Å². The quantitative estimate of drug-likeness (QED) is 0.616. The van der Waals surface area contributed by atoms with Gasteiger partial charge in [-0.15, -0.1) is 0 Å². The lowest BCUT2D eigenvalue weighted by atomic mass is 10.1. The molecule has 4 nitrogen and oxygen atoms in total. The number of carbonyl (C=O) groups excluding carboxylic acids is 1. The van der Waals surface area contributed by atoms with Crippen molar-refractivity contribution in [2.45, 2.75) is 19.3 Å². The number of hydrogen-bond donors (Lipinski definition) is 0. The van der Waals surface area contributed by atoms with Crippen LogP contribution in [-0.4, -0.2) is 18.8 Å². The Morgan fingerprint density at radius 3 is 2.50 bits per heavy atom. The first-order valence-electron chi connectivity index (χ1n) is 7.94. The third-order valence-corrected chi connectivity index (χ3v) is 3.94. The smallest absolute Gasteiger partial charge is 0.365 e. The predicted molar refractivity (Wildman–Crippen MR) is 94.1 cm³/mol. The normalized spacial score (nSPS) is 17.2. The molecule has 0 aliphatic heterocycles. The molecule has 2 aromatic rings. The highest BCUT2D eigenvalue weighted by atomic mass is 16.7. The molecule has 1 saturated carbocycles. The predicted octanol–water partition coefficient (Wildman–Crippen LogP) is 4.48. The third kappa shape index (κ3) is 3.90. The van der Waals surface area contributed by atoms with Gasteiger partial charge >= 0.3 is 5.97 Å².